The van der Waals surface area contributed by atoms with Crippen molar-refractivity contribution >= 4 is 5.91 Å². The van der Waals surface area contributed by atoms with Crippen LogP contribution in [0.25, 0.3) is 0 Å². The van der Waals surface area contributed by atoms with Crippen molar-refractivity contribution in [3.05, 3.63) is 30.1 Å². The van der Waals surface area contributed by atoms with Crippen LogP contribution in [0.2, 0.25) is 0 Å². The number of nitriles is 1. The Morgan fingerprint density at radius 3 is 3.18 bits per heavy atom. The number of carbonyl (C=O) groups excluding carboxylic acids is 1. The summed E-state index contributed by atoms with van der Waals surface area (Å²) in [6.45, 7) is 0.993. The number of nitrogens with zero attached hydrogens (tertiary/aromatic N) is 3. The zero-order valence-electron chi connectivity index (χ0n) is 9.37. The number of ether oxygens (including phenoxy) is 1. The molecule has 2 rings (SSSR count). The highest BCUT2D eigenvalue weighted by Crippen LogP contribution is 2.12. The van der Waals surface area contributed by atoms with Crippen LogP contribution in [0.3, 0.4) is 0 Å². The fraction of sp³-hybridized carbons (Fsp3) is 0.417. The van der Waals surface area contributed by atoms with E-state index in [4.69, 9.17) is 10.00 Å². The number of carbonyl (C=O) groups is 1. The van der Waals surface area contributed by atoms with Crippen LogP contribution in [-0.4, -0.2) is 35.0 Å². The molecule has 0 saturated carbocycles. The first-order valence-electron chi connectivity index (χ1n) is 5.46. The Bertz CT molecular complexity index is 427. The highest BCUT2D eigenvalue weighted by atomic mass is 16.5. The molecule has 2 heterocycles. The minimum Gasteiger partial charge on any atom is -0.365 e. The van der Waals surface area contributed by atoms with Gasteiger partial charge >= 0.3 is 0 Å². The number of pyridine rings is 1. The molecular weight excluding hydrogens is 218 g/mol. The van der Waals surface area contributed by atoms with Gasteiger partial charge in [0.15, 0.2) is 0 Å². The maximum absolute atomic E-state index is 11.6. The predicted octanol–water partition coefficient (Wildman–Crippen LogP) is 0.723. The van der Waals surface area contributed by atoms with E-state index >= 15 is 0 Å². The summed E-state index contributed by atoms with van der Waals surface area (Å²) in [6.07, 6.45) is 1.83. The lowest BCUT2D eigenvalue weighted by molar-refractivity contribution is -0.149. The Balaban J connectivity index is 1.99. The molecule has 1 atom stereocenters. The van der Waals surface area contributed by atoms with E-state index in [9.17, 15) is 4.79 Å². The molecule has 1 saturated heterocycles. The van der Waals surface area contributed by atoms with Crippen molar-refractivity contribution in [2.24, 2.45) is 0 Å². The summed E-state index contributed by atoms with van der Waals surface area (Å²) >= 11 is 0. The van der Waals surface area contributed by atoms with Crippen LogP contribution in [0.1, 0.15) is 12.1 Å². The van der Waals surface area contributed by atoms with Crippen molar-refractivity contribution < 1.29 is 9.53 Å². The molecule has 1 aliphatic heterocycles. The first kappa shape index (κ1) is 11.6. The molecule has 1 aliphatic rings. The molecule has 1 amide bonds. The molecule has 5 nitrogen and oxygen atoms in total. The van der Waals surface area contributed by atoms with Crippen LogP contribution in [0.5, 0.6) is 0 Å². The predicted molar refractivity (Wildman–Crippen MR) is 59.6 cm³/mol. The number of morpholine rings is 1. The summed E-state index contributed by atoms with van der Waals surface area (Å²) < 4.78 is 5.26. The average Bonchev–Trinajstić information content (AvgIpc) is 2.35. The third-order valence-corrected chi connectivity index (χ3v) is 2.62. The molecule has 0 N–H and O–H groups in total. The lowest BCUT2D eigenvalue weighted by Crippen LogP contribution is -2.46. The Kier molecular flexibility index (Phi) is 3.68. The quantitative estimate of drug-likeness (QED) is 0.769. The van der Waals surface area contributed by atoms with Crippen LogP contribution in [0.15, 0.2) is 24.4 Å². The standard InChI is InChI=1S/C12H13N3O2/c13-5-4-11-8-15(12(16)9-17-11)7-10-3-1-2-6-14-10/h1-3,6,11H,4,7-9H2. The lowest BCUT2D eigenvalue weighted by atomic mass is 10.2. The van der Waals surface area contributed by atoms with Crippen molar-refractivity contribution in [1.29, 1.82) is 5.26 Å². The molecule has 0 aliphatic carbocycles. The summed E-state index contributed by atoms with van der Waals surface area (Å²) in [6, 6.07) is 7.66. The van der Waals surface area contributed by atoms with Crippen molar-refractivity contribution in [2.75, 3.05) is 13.2 Å². The fourth-order valence-electron chi connectivity index (χ4n) is 1.75. The first-order valence-corrected chi connectivity index (χ1v) is 5.46. The number of aromatic nitrogens is 1. The van der Waals surface area contributed by atoms with Gasteiger partial charge < -0.3 is 9.64 Å². The van der Waals surface area contributed by atoms with Crippen LogP contribution in [-0.2, 0) is 16.1 Å². The van der Waals surface area contributed by atoms with Crippen LogP contribution >= 0.6 is 0 Å². The van der Waals surface area contributed by atoms with Gasteiger partial charge in [0.1, 0.15) is 6.61 Å². The third-order valence-electron chi connectivity index (χ3n) is 2.62. The van der Waals surface area contributed by atoms with Crippen LogP contribution in [0, 0.1) is 11.3 Å². The molecule has 1 fully saturated rings. The molecular formula is C12H13N3O2. The van der Waals surface area contributed by atoms with Gasteiger partial charge in [-0.05, 0) is 12.1 Å². The molecule has 5 heteroatoms. The van der Waals surface area contributed by atoms with Gasteiger partial charge in [-0.25, -0.2) is 0 Å². The zero-order chi connectivity index (χ0) is 12.1. The monoisotopic (exact) mass is 231 g/mol. The van der Waals surface area contributed by atoms with E-state index in [2.05, 4.69) is 11.1 Å². The van der Waals surface area contributed by atoms with Gasteiger partial charge in [0, 0.05) is 12.7 Å². The molecule has 0 radical (unpaired) electrons. The number of hydrogen-bond acceptors (Lipinski definition) is 4. The summed E-state index contributed by atoms with van der Waals surface area (Å²) in [5.41, 5.74) is 0.846. The maximum Gasteiger partial charge on any atom is 0.249 e. The lowest BCUT2D eigenvalue weighted by Gasteiger charge is -2.31. The Hall–Kier alpha value is -1.93. The molecule has 17 heavy (non-hydrogen) atoms. The van der Waals surface area contributed by atoms with Crippen molar-refractivity contribution in [3.63, 3.8) is 0 Å². The zero-order valence-corrected chi connectivity index (χ0v) is 9.37. The summed E-state index contributed by atoms with van der Waals surface area (Å²) in [7, 11) is 0. The highest BCUT2D eigenvalue weighted by molar-refractivity contribution is 5.78. The van der Waals surface area contributed by atoms with Gasteiger partial charge in [0.05, 0.1) is 30.8 Å². The Morgan fingerprint density at radius 1 is 1.59 bits per heavy atom. The number of amides is 1. The SMILES string of the molecule is N#CCC1CN(Cc2ccccn2)C(=O)CO1. The molecule has 88 valence electrons. The van der Waals surface area contributed by atoms with Gasteiger partial charge in [-0.15, -0.1) is 0 Å². The molecule has 1 aromatic heterocycles. The molecule has 0 spiro atoms. The second kappa shape index (κ2) is 5.41. The van der Waals surface area contributed by atoms with Crippen LogP contribution in [0.4, 0.5) is 0 Å². The topological polar surface area (TPSA) is 66.2 Å². The second-order valence-electron chi connectivity index (χ2n) is 3.89. The molecule has 1 unspecified atom stereocenters. The first-order chi connectivity index (χ1) is 8.29. The Morgan fingerprint density at radius 2 is 2.47 bits per heavy atom. The largest absolute Gasteiger partial charge is 0.365 e. The smallest absolute Gasteiger partial charge is 0.249 e. The molecule has 1 aromatic rings. The average molecular weight is 231 g/mol. The van der Waals surface area contributed by atoms with Gasteiger partial charge in [0.25, 0.3) is 0 Å². The van der Waals surface area contributed by atoms with Gasteiger partial charge in [0.2, 0.25) is 5.91 Å². The fourth-order valence-corrected chi connectivity index (χ4v) is 1.75. The van der Waals surface area contributed by atoms with E-state index in [1.54, 1.807) is 11.1 Å². The van der Waals surface area contributed by atoms with Crippen LogP contribution < -0.4 is 0 Å². The summed E-state index contributed by atoms with van der Waals surface area (Å²) in [4.78, 5) is 17.5. The van der Waals surface area contributed by atoms with E-state index in [0.29, 0.717) is 19.5 Å². The van der Waals surface area contributed by atoms with Gasteiger partial charge in [-0.2, -0.15) is 5.26 Å². The van der Waals surface area contributed by atoms with E-state index < -0.39 is 0 Å². The molecule has 0 aromatic carbocycles. The maximum atomic E-state index is 11.6. The second-order valence-corrected chi connectivity index (χ2v) is 3.89. The van der Waals surface area contributed by atoms with E-state index in [-0.39, 0.29) is 18.6 Å². The van der Waals surface area contributed by atoms with Gasteiger partial charge in [-0.3, -0.25) is 9.78 Å². The van der Waals surface area contributed by atoms with Crippen molar-refractivity contribution in [3.8, 4) is 6.07 Å². The third kappa shape index (κ3) is 3.02. The van der Waals surface area contributed by atoms with E-state index in [1.165, 1.54) is 0 Å². The van der Waals surface area contributed by atoms with Crippen molar-refractivity contribution in [2.45, 2.75) is 19.1 Å². The summed E-state index contributed by atoms with van der Waals surface area (Å²) in [5.74, 6) is -0.0511. The molecule has 0 bridgehead atoms. The van der Waals surface area contributed by atoms with Crippen molar-refractivity contribution in [1.82, 2.24) is 9.88 Å². The highest BCUT2D eigenvalue weighted by Gasteiger charge is 2.26. The van der Waals surface area contributed by atoms with E-state index in [0.717, 1.165) is 5.69 Å². The minimum absolute atomic E-state index is 0.0511. The summed E-state index contributed by atoms with van der Waals surface area (Å²) in [5, 5.41) is 8.61. The number of hydrogen-bond donors (Lipinski definition) is 0. The minimum atomic E-state index is -0.179. The normalized spacial score (nSPS) is 20.1. The number of rotatable bonds is 3. The Labute approximate surface area is 99.6 Å². The van der Waals surface area contributed by atoms with E-state index in [1.807, 2.05) is 18.2 Å². The van der Waals surface area contributed by atoms with Gasteiger partial charge in [-0.1, -0.05) is 6.07 Å².